The van der Waals surface area contributed by atoms with Gasteiger partial charge in [-0.1, -0.05) is 36.4 Å². The second kappa shape index (κ2) is 9.73. The van der Waals surface area contributed by atoms with Crippen LogP contribution in [0.5, 0.6) is 0 Å². The number of halogens is 1. The zero-order valence-electron chi connectivity index (χ0n) is 14.4. The van der Waals surface area contributed by atoms with Gasteiger partial charge in [0, 0.05) is 26.2 Å². The third kappa shape index (κ3) is 5.41. The van der Waals surface area contributed by atoms with Crippen LogP contribution >= 0.6 is 23.7 Å². The van der Waals surface area contributed by atoms with Crippen molar-refractivity contribution in [3.63, 3.8) is 0 Å². The van der Waals surface area contributed by atoms with Crippen molar-refractivity contribution in [2.75, 3.05) is 19.6 Å². The Labute approximate surface area is 159 Å². The Morgan fingerprint density at radius 3 is 2.60 bits per heavy atom. The summed E-state index contributed by atoms with van der Waals surface area (Å²) in [7, 11) is 0. The molecule has 0 aliphatic carbocycles. The van der Waals surface area contributed by atoms with Crippen LogP contribution in [0.15, 0.2) is 52.3 Å². The van der Waals surface area contributed by atoms with Crippen LogP contribution in [0.4, 0.5) is 0 Å². The minimum absolute atomic E-state index is 0. The minimum Gasteiger partial charge on any atom is -0.440 e. The summed E-state index contributed by atoms with van der Waals surface area (Å²) in [6.45, 7) is 5.21. The fraction of sp³-hybridized carbons (Fsp3) is 0.316. The van der Waals surface area contributed by atoms with E-state index in [4.69, 9.17) is 15.1 Å². The highest BCUT2D eigenvalue weighted by molar-refractivity contribution is 7.13. The van der Waals surface area contributed by atoms with Gasteiger partial charge in [-0.2, -0.15) is 0 Å². The van der Waals surface area contributed by atoms with Crippen molar-refractivity contribution in [1.82, 2.24) is 9.88 Å². The Kier molecular flexibility index (Phi) is 7.65. The number of thiophene rings is 1. The highest BCUT2D eigenvalue weighted by Gasteiger charge is 2.15. The molecule has 0 atom stereocenters. The summed E-state index contributed by atoms with van der Waals surface area (Å²) in [6.07, 6.45) is 1.01. The van der Waals surface area contributed by atoms with Crippen LogP contribution in [0, 0.1) is 6.92 Å². The van der Waals surface area contributed by atoms with Crippen molar-refractivity contribution in [2.24, 2.45) is 5.73 Å². The third-order valence-electron chi connectivity index (χ3n) is 4.00. The first-order valence-electron chi connectivity index (χ1n) is 8.23. The van der Waals surface area contributed by atoms with Gasteiger partial charge in [0.05, 0.1) is 10.6 Å². The summed E-state index contributed by atoms with van der Waals surface area (Å²) >= 11 is 1.64. The molecule has 0 saturated heterocycles. The van der Waals surface area contributed by atoms with E-state index in [9.17, 15) is 0 Å². The second-order valence-electron chi connectivity index (χ2n) is 5.80. The molecule has 2 N–H and O–H groups in total. The maximum absolute atomic E-state index is 5.84. The quantitative estimate of drug-likeness (QED) is 0.641. The molecule has 3 aromatic rings. The predicted molar refractivity (Wildman–Crippen MR) is 106 cm³/mol. The van der Waals surface area contributed by atoms with E-state index in [0.29, 0.717) is 12.4 Å². The van der Waals surface area contributed by atoms with Crippen molar-refractivity contribution in [2.45, 2.75) is 19.9 Å². The molecular formula is C19H24ClN3OS. The van der Waals surface area contributed by atoms with E-state index in [1.165, 1.54) is 5.56 Å². The van der Waals surface area contributed by atoms with E-state index in [2.05, 4.69) is 29.2 Å². The van der Waals surface area contributed by atoms with Gasteiger partial charge in [-0.3, -0.25) is 4.90 Å². The van der Waals surface area contributed by atoms with E-state index in [1.807, 2.05) is 30.5 Å². The molecule has 2 heterocycles. The first-order chi connectivity index (χ1) is 11.8. The van der Waals surface area contributed by atoms with Gasteiger partial charge < -0.3 is 10.2 Å². The summed E-state index contributed by atoms with van der Waals surface area (Å²) in [5.74, 6) is 1.60. The Balaban J connectivity index is 0.00000225. The van der Waals surface area contributed by atoms with Gasteiger partial charge in [-0.15, -0.1) is 23.7 Å². The molecule has 0 amide bonds. The van der Waals surface area contributed by atoms with E-state index >= 15 is 0 Å². The molecule has 0 spiro atoms. The first-order valence-corrected chi connectivity index (χ1v) is 9.11. The molecule has 6 heteroatoms. The number of nitrogens with two attached hydrogens (primary N) is 1. The van der Waals surface area contributed by atoms with E-state index in [0.717, 1.165) is 42.4 Å². The number of hydrogen-bond acceptors (Lipinski definition) is 5. The molecule has 0 aliphatic heterocycles. The lowest BCUT2D eigenvalue weighted by Crippen LogP contribution is -2.31. The molecule has 0 unspecified atom stereocenters. The van der Waals surface area contributed by atoms with Crippen molar-refractivity contribution in [3.8, 4) is 10.8 Å². The van der Waals surface area contributed by atoms with Crippen LogP contribution in [0.3, 0.4) is 0 Å². The normalized spacial score (nSPS) is 10.8. The van der Waals surface area contributed by atoms with Gasteiger partial charge in [0.2, 0.25) is 5.89 Å². The molecule has 25 heavy (non-hydrogen) atoms. The molecule has 2 aromatic heterocycles. The molecule has 1 aromatic carbocycles. The molecule has 0 saturated carbocycles. The number of oxazole rings is 1. The first kappa shape index (κ1) is 19.7. The van der Waals surface area contributed by atoms with Crippen molar-refractivity contribution in [1.29, 1.82) is 0 Å². The van der Waals surface area contributed by atoms with Crippen molar-refractivity contribution in [3.05, 3.63) is 64.9 Å². The van der Waals surface area contributed by atoms with Crippen LogP contribution in [0.1, 0.15) is 17.0 Å². The lowest BCUT2D eigenvalue weighted by Gasteiger charge is -2.20. The maximum atomic E-state index is 5.84. The van der Waals surface area contributed by atoms with Gasteiger partial charge in [0.1, 0.15) is 5.76 Å². The Bertz CT molecular complexity index is 743. The molecule has 0 radical (unpaired) electrons. The van der Waals surface area contributed by atoms with Crippen molar-refractivity contribution >= 4 is 23.7 Å². The highest BCUT2D eigenvalue weighted by Crippen LogP contribution is 2.26. The minimum atomic E-state index is 0. The summed E-state index contributed by atoms with van der Waals surface area (Å²) in [6, 6.07) is 14.6. The molecule has 134 valence electrons. The standard InChI is InChI=1S/C19H23N3OS.ClH/c1-15-17(21-19(23-15)18-8-5-13-24-18)14-22(12-10-20)11-9-16-6-3-2-4-7-16;/h2-8,13H,9-12,14,20H2,1H3;1H. The van der Waals surface area contributed by atoms with Gasteiger partial charge in [0.25, 0.3) is 0 Å². The van der Waals surface area contributed by atoms with Gasteiger partial charge in [-0.05, 0) is 30.4 Å². The fourth-order valence-corrected chi connectivity index (χ4v) is 3.33. The fourth-order valence-electron chi connectivity index (χ4n) is 2.68. The zero-order valence-corrected chi connectivity index (χ0v) is 16.0. The average molecular weight is 378 g/mol. The van der Waals surface area contributed by atoms with Crippen LogP contribution in [0.25, 0.3) is 10.8 Å². The largest absolute Gasteiger partial charge is 0.440 e. The van der Waals surface area contributed by atoms with Gasteiger partial charge in [0.15, 0.2) is 0 Å². The lowest BCUT2D eigenvalue weighted by molar-refractivity contribution is 0.272. The average Bonchev–Trinajstić information content (AvgIpc) is 3.24. The number of rotatable bonds is 8. The Hall–Kier alpha value is -1.66. The maximum Gasteiger partial charge on any atom is 0.236 e. The molecule has 0 bridgehead atoms. The monoisotopic (exact) mass is 377 g/mol. The van der Waals surface area contributed by atoms with Crippen LogP contribution < -0.4 is 5.73 Å². The predicted octanol–water partition coefficient (Wildman–Crippen LogP) is 4.14. The van der Waals surface area contributed by atoms with E-state index in [-0.39, 0.29) is 12.4 Å². The van der Waals surface area contributed by atoms with Crippen LogP contribution in [0.2, 0.25) is 0 Å². The number of aryl methyl sites for hydroxylation is 1. The number of hydrogen-bond donors (Lipinski definition) is 1. The summed E-state index contributed by atoms with van der Waals surface area (Å²) in [5.41, 5.74) is 8.13. The third-order valence-corrected chi connectivity index (χ3v) is 4.86. The number of benzene rings is 1. The smallest absolute Gasteiger partial charge is 0.236 e. The molecular weight excluding hydrogens is 354 g/mol. The van der Waals surface area contributed by atoms with Crippen LogP contribution in [-0.4, -0.2) is 29.5 Å². The number of nitrogens with zero attached hydrogens (tertiary/aromatic N) is 2. The Morgan fingerprint density at radius 2 is 1.92 bits per heavy atom. The molecule has 0 fully saturated rings. The Morgan fingerprint density at radius 1 is 1.12 bits per heavy atom. The molecule has 4 nitrogen and oxygen atoms in total. The summed E-state index contributed by atoms with van der Waals surface area (Å²) < 4.78 is 5.84. The molecule has 3 rings (SSSR count). The summed E-state index contributed by atoms with van der Waals surface area (Å²) in [4.78, 5) is 8.10. The SMILES string of the molecule is Cc1oc(-c2cccs2)nc1CN(CCN)CCc1ccccc1.Cl. The number of aromatic nitrogens is 1. The lowest BCUT2D eigenvalue weighted by atomic mass is 10.1. The van der Waals surface area contributed by atoms with E-state index < -0.39 is 0 Å². The van der Waals surface area contributed by atoms with Crippen LogP contribution in [-0.2, 0) is 13.0 Å². The topological polar surface area (TPSA) is 55.3 Å². The van der Waals surface area contributed by atoms with Gasteiger partial charge >= 0.3 is 0 Å². The van der Waals surface area contributed by atoms with Gasteiger partial charge in [-0.25, -0.2) is 4.98 Å². The second-order valence-corrected chi connectivity index (χ2v) is 6.75. The van der Waals surface area contributed by atoms with Crippen molar-refractivity contribution < 1.29 is 4.42 Å². The van der Waals surface area contributed by atoms with E-state index in [1.54, 1.807) is 11.3 Å². The zero-order chi connectivity index (χ0) is 16.8. The summed E-state index contributed by atoms with van der Waals surface area (Å²) in [5, 5.41) is 2.04. The molecule has 0 aliphatic rings. The highest BCUT2D eigenvalue weighted by atomic mass is 35.5.